The van der Waals surface area contributed by atoms with Crippen molar-refractivity contribution in [1.82, 2.24) is 0 Å². The molecule has 0 bridgehead atoms. The summed E-state index contributed by atoms with van der Waals surface area (Å²) in [6.07, 6.45) is 1.80. The van der Waals surface area contributed by atoms with Crippen LogP contribution in [0.1, 0.15) is 46.0 Å². The summed E-state index contributed by atoms with van der Waals surface area (Å²) in [5.41, 5.74) is 2.43. The fourth-order valence-corrected chi connectivity index (χ4v) is 2.95. The van der Waals surface area contributed by atoms with Crippen LogP contribution in [-0.2, 0) is 11.3 Å². The van der Waals surface area contributed by atoms with E-state index in [9.17, 15) is 9.59 Å². The van der Waals surface area contributed by atoms with Gasteiger partial charge in [-0.1, -0.05) is 43.1 Å². The van der Waals surface area contributed by atoms with Crippen LogP contribution in [0.15, 0.2) is 72.8 Å². The molecular formula is C25H24ClNO4. The van der Waals surface area contributed by atoms with Gasteiger partial charge in [0.1, 0.15) is 12.4 Å². The Labute approximate surface area is 187 Å². The highest BCUT2D eigenvalue weighted by molar-refractivity contribution is 6.31. The normalized spacial score (nSPS) is 10.4. The van der Waals surface area contributed by atoms with Gasteiger partial charge in [-0.3, -0.25) is 4.79 Å². The van der Waals surface area contributed by atoms with E-state index in [4.69, 9.17) is 21.1 Å². The predicted octanol–water partition coefficient (Wildman–Crippen LogP) is 6.13. The number of nitrogens with one attached hydrogen (secondary N) is 1. The average Bonchev–Trinajstić information content (AvgIpc) is 2.79. The Morgan fingerprint density at radius 3 is 2.26 bits per heavy atom. The van der Waals surface area contributed by atoms with Crippen molar-refractivity contribution in [2.24, 2.45) is 0 Å². The molecule has 5 nitrogen and oxygen atoms in total. The largest absolute Gasteiger partial charge is 0.489 e. The van der Waals surface area contributed by atoms with E-state index in [1.54, 1.807) is 48.5 Å². The Kier molecular flexibility index (Phi) is 8.07. The zero-order chi connectivity index (χ0) is 22.1. The minimum absolute atomic E-state index is 0.254. The van der Waals surface area contributed by atoms with Crippen molar-refractivity contribution in [2.45, 2.75) is 26.4 Å². The lowest BCUT2D eigenvalue weighted by Crippen LogP contribution is -2.12. The van der Waals surface area contributed by atoms with Crippen molar-refractivity contribution in [3.8, 4) is 5.75 Å². The Morgan fingerprint density at radius 2 is 1.58 bits per heavy atom. The summed E-state index contributed by atoms with van der Waals surface area (Å²) in [7, 11) is 0. The molecule has 0 heterocycles. The first-order valence-corrected chi connectivity index (χ1v) is 10.5. The third-order valence-electron chi connectivity index (χ3n) is 4.58. The quantitative estimate of drug-likeness (QED) is 0.323. The molecule has 3 rings (SSSR count). The summed E-state index contributed by atoms with van der Waals surface area (Å²) in [5.74, 6) is 0.0250. The van der Waals surface area contributed by atoms with Crippen molar-refractivity contribution < 1.29 is 19.1 Å². The summed E-state index contributed by atoms with van der Waals surface area (Å²) < 4.78 is 10.9. The predicted molar refractivity (Wildman–Crippen MR) is 122 cm³/mol. The molecule has 1 N–H and O–H groups in total. The summed E-state index contributed by atoms with van der Waals surface area (Å²) in [4.78, 5) is 24.4. The van der Waals surface area contributed by atoms with E-state index in [0.29, 0.717) is 40.8 Å². The van der Waals surface area contributed by atoms with E-state index >= 15 is 0 Å². The molecule has 6 heteroatoms. The first-order chi connectivity index (χ1) is 15.1. The van der Waals surface area contributed by atoms with Gasteiger partial charge in [-0.2, -0.15) is 0 Å². The Balaban J connectivity index is 1.53. The minimum atomic E-state index is -0.362. The third-order valence-corrected chi connectivity index (χ3v) is 4.95. The molecule has 0 saturated heterocycles. The van der Waals surface area contributed by atoms with Gasteiger partial charge in [0.05, 0.1) is 12.2 Å². The number of halogens is 1. The molecule has 0 aromatic heterocycles. The van der Waals surface area contributed by atoms with Crippen LogP contribution in [0.5, 0.6) is 5.75 Å². The highest BCUT2D eigenvalue weighted by atomic mass is 35.5. The molecule has 0 unspecified atom stereocenters. The number of esters is 1. The lowest BCUT2D eigenvalue weighted by atomic mass is 10.1. The SMILES string of the molecule is CCCCOC(=O)c1ccc(NC(=O)c2ccc(OCc3ccccc3Cl)cc2)cc1. The topological polar surface area (TPSA) is 64.6 Å². The van der Waals surface area contributed by atoms with E-state index in [0.717, 1.165) is 18.4 Å². The van der Waals surface area contributed by atoms with Crippen molar-refractivity contribution in [3.63, 3.8) is 0 Å². The van der Waals surface area contributed by atoms with Crippen molar-refractivity contribution in [1.29, 1.82) is 0 Å². The van der Waals surface area contributed by atoms with Gasteiger partial charge in [-0.25, -0.2) is 4.79 Å². The zero-order valence-electron chi connectivity index (χ0n) is 17.3. The maximum atomic E-state index is 12.5. The van der Waals surface area contributed by atoms with Crippen LogP contribution in [0, 0.1) is 0 Å². The molecule has 0 aliphatic rings. The number of anilines is 1. The van der Waals surface area contributed by atoms with Crippen LogP contribution in [0.3, 0.4) is 0 Å². The summed E-state index contributed by atoms with van der Waals surface area (Å²) in [6.45, 7) is 2.79. The first-order valence-electron chi connectivity index (χ1n) is 10.1. The number of benzene rings is 3. The first kappa shape index (κ1) is 22.4. The number of ether oxygens (including phenoxy) is 2. The van der Waals surface area contributed by atoms with Crippen molar-refractivity contribution >= 4 is 29.2 Å². The number of rotatable bonds is 9. The van der Waals surface area contributed by atoms with Crippen LogP contribution in [-0.4, -0.2) is 18.5 Å². The number of hydrogen-bond donors (Lipinski definition) is 1. The molecule has 0 aliphatic heterocycles. The standard InChI is InChI=1S/C25H24ClNO4/c1-2-3-16-30-25(29)19-8-12-21(13-9-19)27-24(28)18-10-14-22(15-11-18)31-17-20-6-4-5-7-23(20)26/h4-15H,2-3,16-17H2,1H3,(H,27,28). The highest BCUT2D eigenvalue weighted by Gasteiger charge is 2.10. The molecule has 160 valence electrons. The van der Waals surface area contributed by atoms with E-state index in [2.05, 4.69) is 5.32 Å². The summed E-state index contributed by atoms with van der Waals surface area (Å²) >= 11 is 6.13. The smallest absolute Gasteiger partial charge is 0.338 e. The molecule has 0 spiro atoms. The van der Waals surface area contributed by atoms with Crippen LogP contribution in [0.25, 0.3) is 0 Å². The van der Waals surface area contributed by atoms with E-state index in [-0.39, 0.29) is 11.9 Å². The number of carbonyl (C=O) groups is 2. The number of amides is 1. The van der Waals surface area contributed by atoms with E-state index < -0.39 is 0 Å². The van der Waals surface area contributed by atoms with Crippen LogP contribution in [0.4, 0.5) is 5.69 Å². The Hall–Kier alpha value is -3.31. The number of unbranched alkanes of at least 4 members (excludes halogenated alkanes) is 1. The van der Waals surface area contributed by atoms with E-state index in [1.807, 2.05) is 31.2 Å². The second-order valence-corrected chi connectivity index (χ2v) is 7.33. The molecular weight excluding hydrogens is 414 g/mol. The van der Waals surface area contributed by atoms with Crippen LogP contribution in [0.2, 0.25) is 5.02 Å². The Morgan fingerprint density at radius 1 is 0.903 bits per heavy atom. The molecule has 3 aromatic rings. The third kappa shape index (κ3) is 6.59. The summed E-state index contributed by atoms with van der Waals surface area (Å²) in [5, 5.41) is 3.46. The van der Waals surface area contributed by atoms with Crippen LogP contribution >= 0.6 is 11.6 Å². The lowest BCUT2D eigenvalue weighted by Gasteiger charge is -2.09. The minimum Gasteiger partial charge on any atom is -0.489 e. The maximum Gasteiger partial charge on any atom is 0.338 e. The molecule has 0 aliphatic carbocycles. The monoisotopic (exact) mass is 437 g/mol. The van der Waals surface area contributed by atoms with E-state index in [1.165, 1.54) is 0 Å². The van der Waals surface area contributed by atoms with Crippen molar-refractivity contribution in [2.75, 3.05) is 11.9 Å². The maximum absolute atomic E-state index is 12.5. The summed E-state index contributed by atoms with van der Waals surface area (Å²) in [6, 6.07) is 21.0. The Bertz CT molecular complexity index is 1020. The van der Waals surface area contributed by atoms with Gasteiger partial charge in [0.2, 0.25) is 0 Å². The lowest BCUT2D eigenvalue weighted by molar-refractivity contribution is 0.0499. The zero-order valence-corrected chi connectivity index (χ0v) is 18.0. The van der Waals surface area contributed by atoms with Gasteiger partial charge in [0.25, 0.3) is 5.91 Å². The molecule has 0 radical (unpaired) electrons. The van der Waals surface area contributed by atoms with Gasteiger partial charge < -0.3 is 14.8 Å². The molecule has 0 atom stereocenters. The van der Waals surface area contributed by atoms with Gasteiger partial charge in [0, 0.05) is 21.8 Å². The molecule has 3 aromatic carbocycles. The molecule has 31 heavy (non-hydrogen) atoms. The van der Waals surface area contributed by atoms with Gasteiger partial charge in [0.15, 0.2) is 0 Å². The molecule has 1 amide bonds. The number of hydrogen-bond acceptors (Lipinski definition) is 4. The highest BCUT2D eigenvalue weighted by Crippen LogP contribution is 2.19. The van der Waals surface area contributed by atoms with Crippen molar-refractivity contribution in [3.05, 3.63) is 94.5 Å². The van der Waals surface area contributed by atoms with Gasteiger partial charge >= 0.3 is 5.97 Å². The molecule has 0 fully saturated rings. The fourth-order valence-electron chi connectivity index (χ4n) is 2.76. The fraction of sp³-hybridized carbons (Fsp3) is 0.200. The van der Waals surface area contributed by atoms with Crippen LogP contribution < -0.4 is 10.1 Å². The number of carbonyl (C=O) groups excluding carboxylic acids is 2. The van der Waals surface area contributed by atoms with Gasteiger partial charge in [-0.15, -0.1) is 0 Å². The molecule has 0 saturated carbocycles. The average molecular weight is 438 g/mol. The second-order valence-electron chi connectivity index (χ2n) is 6.93. The second kappa shape index (κ2) is 11.2. The van der Waals surface area contributed by atoms with Gasteiger partial charge in [-0.05, 0) is 61.0 Å².